The van der Waals surface area contributed by atoms with E-state index in [4.69, 9.17) is 4.99 Å². The van der Waals surface area contributed by atoms with Gasteiger partial charge in [-0.2, -0.15) is 0 Å². The largest absolute Gasteiger partial charge is 0.357 e. The normalized spacial score (nSPS) is 18.0. The van der Waals surface area contributed by atoms with Crippen molar-refractivity contribution >= 4 is 52.9 Å². The van der Waals surface area contributed by atoms with Crippen LogP contribution in [0.25, 0.3) is 0 Å². The van der Waals surface area contributed by atoms with Crippen molar-refractivity contribution in [1.29, 1.82) is 0 Å². The zero-order chi connectivity index (χ0) is 21.5. The minimum absolute atomic E-state index is 0. The molecule has 2 fully saturated rings. The van der Waals surface area contributed by atoms with E-state index in [1.807, 2.05) is 28.4 Å². The predicted octanol–water partition coefficient (Wildman–Crippen LogP) is 4.39. The molecule has 2 saturated heterocycles. The Balaban J connectivity index is 0.00000289. The fourth-order valence-corrected chi connectivity index (χ4v) is 5.21. The van der Waals surface area contributed by atoms with Crippen LogP contribution in [-0.4, -0.2) is 49.5 Å². The Labute approximate surface area is 212 Å². The number of rotatable bonds is 8. The zero-order valence-corrected chi connectivity index (χ0v) is 21.9. The van der Waals surface area contributed by atoms with Crippen molar-refractivity contribution in [3.63, 3.8) is 0 Å². The number of likely N-dealkylation sites (tertiary alicyclic amines) is 1. The van der Waals surface area contributed by atoms with Crippen LogP contribution in [0.5, 0.6) is 0 Å². The van der Waals surface area contributed by atoms with E-state index in [0.29, 0.717) is 19.0 Å². The summed E-state index contributed by atoms with van der Waals surface area (Å²) in [5.41, 5.74) is 2.13. The molecule has 2 aliphatic heterocycles. The Morgan fingerprint density at radius 1 is 1.09 bits per heavy atom. The number of nitrogens with zero attached hydrogens (tertiary/aromatic N) is 3. The molecule has 174 valence electrons. The summed E-state index contributed by atoms with van der Waals surface area (Å²) in [6.07, 6.45) is 4.18. The molecule has 2 aliphatic rings. The highest BCUT2D eigenvalue weighted by molar-refractivity contribution is 14.0. The summed E-state index contributed by atoms with van der Waals surface area (Å²) in [5, 5.41) is 9.11. The third-order valence-electron chi connectivity index (χ3n) is 6.00. The first-order valence-corrected chi connectivity index (χ1v) is 12.3. The van der Waals surface area contributed by atoms with E-state index in [2.05, 4.69) is 52.1 Å². The van der Waals surface area contributed by atoms with Gasteiger partial charge in [0.15, 0.2) is 5.96 Å². The number of hydrogen-bond donors (Lipinski definition) is 2. The number of carbonyl (C=O) groups is 1. The third kappa shape index (κ3) is 6.45. The number of carbonyl (C=O) groups excluding carboxylic acids is 1. The maximum Gasteiger partial charge on any atom is 0.227 e. The Morgan fingerprint density at radius 3 is 2.50 bits per heavy atom. The first-order valence-electron chi connectivity index (χ1n) is 11.4. The predicted molar refractivity (Wildman–Crippen MR) is 144 cm³/mol. The molecule has 32 heavy (non-hydrogen) atoms. The summed E-state index contributed by atoms with van der Waals surface area (Å²) in [5.74, 6) is 1.07. The van der Waals surface area contributed by atoms with E-state index in [0.717, 1.165) is 43.3 Å². The highest BCUT2D eigenvalue weighted by Crippen LogP contribution is 2.28. The molecule has 1 unspecified atom stereocenters. The van der Waals surface area contributed by atoms with E-state index in [9.17, 15) is 4.79 Å². The fraction of sp³-hybridized carbons (Fsp3) is 0.500. The van der Waals surface area contributed by atoms with E-state index >= 15 is 0 Å². The summed E-state index contributed by atoms with van der Waals surface area (Å²) in [4.78, 5) is 22.6. The minimum atomic E-state index is 0. The van der Waals surface area contributed by atoms with E-state index < -0.39 is 0 Å². The lowest BCUT2D eigenvalue weighted by atomic mass is 10.2. The van der Waals surface area contributed by atoms with Gasteiger partial charge in [0.05, 0.1) is 12.6 Å². The molecule has 0 radical (unpaired) electrons. The summed E-state index contributed by atoms with van der Waals surface area (Å²) in [7, 11) is 0. The van der Waals surface area contributed by atoms with Gasteiger partial charge in [0.25, 0.3) is 0 Å². The molecule has 1 aromatic carbocycles. The zero-order valence-electron chi connectivity index (χ0n) is 18.8. The molecule has 3 heterocycles. The molecule has 0 bridgehead atoms. The van der Waals surface area contributed by atoms with Crippen LogP contribution in [0.3, 0.4) is 0 Å². The number of anilines is 1. The van der Waals surface area contributed by atoms with Crippen molar-refractivity contribution in [2.24, 2.45) is 4.99 Å². The standard InChI is InChI=1S/C24H33N5OS.HI/c1-2-25-24(27-18-21(22-7-6-16-31-22)28-13-3-4-14-28)26-17-19-9-11-20(12-10-19)29-15-5-8-23(29)30;/h6-7,9-12,16,21H,2-5,8,13-15,17-18H2,1H3,(H2,25,26,27);1H. The molecule has 0 saturated carbocycles. The topological polar surface area (TPSA) is 60.0 Å². The van der Waals surface area contributed by atoms with Gasteiger partial charge in [-0.25, -0.2) is 4.99 Å². The average molecular weight is 568 g/mol. The number of halogens is 1. The van der Waals surface area contributed by atoms with Gasteiger partial charge in [-0.1, -0.05) is 18.2 Å². The number of aliphatic imine (C=N–C) groups is 1. The molecule has 6 nitrogen and oxygen atoms in total. The SMILES string of the molecule is CCNC(=NCc1ccc(N2CCCC2=O)cc1)NCC(c1cccs1)N1CCCC1.I. The van der Waals surface area contributed by atoms with Crippen LogP contribution in [-0.2, 0) is 11.3 Å². The van der Waals surface area contributed by atoms with Crippen LogP contribution in [0.15, 0.2) is 46.8 Å². The third-order valence-corrected chi connectivity index (χ3v) is 6.97. The second-order valence-electron chi connectivity index (χ2n) is 8.17. The molecule has 4 rings (SSSR count). The van der Waals surface area contributed by atoms with Gasteiger partial charge in [-0.05, 0) is 68.4 Å². The second kappa shape index (κ2) is 12.6. The van der Waals surface area contributed by atoms with Crippen LogP contribution in [0, 0.1) is 0 Å². The lowest BCUT2D eigenvalue weighted by Crippen LogP contribution is -2.42. The summed E-state index contributed by atoms with van der Waals surface area (Å²) >= 11 is 1.84. The van der Waals surface area contributed by atoms with Crippen LogP contribution >= 0.6 is 35.3 Å². The van der Waals surface area contributed by atoms with Crippen LogP contribution in [0.1, 0.15) is 49.1 Å². The molecule has 1 amide bonds. The number of benzene rings is 1. The molecule has 0 aliphatic carbocycles. The van der Waals surface area contributed by atoms with Crippen molar-refractivity contribution in [2.45, 2.75) is 45.2 Å². The maximum atomic E-state index is 11.9. The van der Waals surface area contributed by atoms with E-state index in [-0.39, 0.29) is 29.9 Å². The first kappa shape index (κ1) is 25.0. The van der Waals surface area contributed by atoms with Crippen molar-refractivity contribution in [2.75, 3.05) is 37.6 Å². The van der Waals surface area contributed by atoms with Crippen molar-refractivity contribution in [1.82, 2.24) is 15.5 Å². The fourth-order valence-electron chi connectivity index (χ4n) is 4.35. The van der Waals surface area contributed by atoms with Gasteiger partial charge in [0.1, 0.15) is 0 Å². The summed E-state index contributed by atoms with van der Waals surface area (Å²) < 4.78 is 0. The molecular weight excluding hydrogens is 533 g/mol. The number of nitrogens with one attached hydrogen (secondary N) is 2. The van der Waals surface area contributed by atoms with Gasteiger partial charge >= 0.3 is 0 Å². The number of amides is 1. The minimum Gasteiger partial charge on any atom is -0.357 e. The molecule has 8 heteroatoms. The first-order chi connectivity index (χ1) is 15.2. The van der Waals surface area contributed by atoms with Crippen LogP contribution < -0.4 is 15.5 Å². The molecule has 2 N–H and O–H groups in total. The summed E-state index contributed by atoms with van der Waals surface area (Å²) in [6.45, 7) is 7.55. The van der Waals surface area contributed by atoms with Gasteiger partial charge in [0.2, 0.25) is 5.91 Å². The Kier molecular flexibility index (Phi) is 9.80. The number of hydrogen-bond acceptors (Lipinski definition) is 4. The van der Waals surface area contributed by atoms with E-state index in [1.54, 1.807) is 0 Å². The lowest BCUT2D eigenvalue weighted by molar-refractivity contribution is -0.117. The molecule has 1 aromatic heterocycles. The molecule has 2 aromatic rings. The number of thiophene rings is 1. The highest BCUT2D eigenvalue weighted by atomic mass is 127. The van der Waals surface area contributed by atoms with Crippen molar-refractivity contribution < 1.29 is 4.79 Å². The highest BCUT2D eigenvalue weighted by Gasteiger charge is 2.24. The average Bonchev–Trinajstić information content (AvgIpc) is 3.56. The van der Waals surface area contributed by atoms with Crippen molar-refractivity contribution in [3.05, 3.63) is 52.2 Å². The van der Waals surface area contributed by atoms with E-state index in [1.165, 1.54) is 30.8 Å². The maximum absolute atomic E-state index is 11.9. The Morgan fingerprint density at radius 2 is 1.88 bits per heavy atom. The summed E-state index contributed by atoms with van der Waals surface area (Å²) in [6, 6.07) is 13.0. The van der Waals surface area contributed by atoms with Crippen molar-refractivity contribution in [3.8, 4) is 0 Å². The Hall–Kier alpha value is -1.65. The molecular formula is C24H34IN5OS. The lowest BCUT2D eigenvalue weighted by Gasteiger charge is -2.27. The number of guanidine groups is 1. The second-order valence-corrected chi connectivity index (χ2v) is 9.15. The van der Waals surface area contributed by atoms with Gasteiger partial charge in [-0.3, -0.25) is 9.69 Å². The molecule has 1 atom stereocenters. The quantitative estimate of drug-likeness (QED) is 0.283. The molecule has 0 spiro atoms. The van der Waals surface area contributed by atoms with Crippen LogP contribution in [0.4, 0.5) is 5.69 Å². The van der Waals surface area contributed by atoms with Crippen LogP contribution in [0.2, 0.25) is 0 Å². The smallest absolute Gasteiger partial charge is 0.227 e. The van der Waals surface area contributed by atoms with Gasteiger partial charge in [0, 0.05) is 36.6 Å². The monoisotopic (exact) mass is 567 g/mol. The van der Waals surface area contributed by atoms with Gasteiger partial charge in [-0.15, -0.1) is 35.3 Å². The Bertz CT molecular complexity index is 865. The van der Waals surface area contributed by atoms with Gasteiger partial charge < -0.3 is 15.5 Å².